The lowest BCUT2D eigenvalue weighted by atomic mass is 9.94. The van der Waals surface area contributed by atoms with Crippen LogP contribution in [0, 0.1) is 0 Å². The summed E-state index contributed by atoms with van der Waals surface area (Å²) in [6, 6.07) is 8.61. The number of hydrogen-bond donors (Lipinski definition) is 3. The number of aromatic nitrogens is 1. The zero-order valence-corrected chi connectivity index (χ0v) is 17.4. The second kappa shape index (κ2) is 10.6. The zero-order valence-electron chi connectivity index (χ0n) is 16.6. The molecule has 31 heavy (non-hydrogen) atoms. The maximum atomic E-state index is 12.6. The predicted molar refractivity (Wildman–Crippen MR) is 110 cm³/mol. The molecule has 3 N–H and O–H groups in total. The third-order valence-electron chi connectivity index (χ3n) is 4.89. The minimum atomic E-state index is -3.77. The monoisotopic (exact) mass is 454 g/mol. The van der Waals surface area contributed by atoms with Crippen LogP contribution in [0.5, 0.6) is 0 Å². The topological polar surface area (TPSA) is 109 Å². The van der Waals surface area contributed by atoms with E-state index in [-0.39, 0.29) is 10.9 Å². The number of sulfonamides is 1. The van der Waals surface area contributed by atoms with Crippen LogP contribution in [-0.2, 0) is 21.3 Å². The largest absolute Gasteiger partial charge is 0.345 e. The highest BCUT2D eigenvalue weighted by atomic mass is 32.2. The Bertz CT molecular complexity index is 951. The highest BCUT2D eigenvalue weighted by Gasteiger charge is 2.27. The lowest BCUT2D eigenvalue weighted by molar-refractivity contribution is -0.170. The molecule has 1 saturated carbocycles. The van der Waals surface area contributed by atoms with Gasteiger partial charge in [0.1, 0.15) is 0 Å². The van der Waals surface area contributed by atoms with Crippen molar-refractivity contribution in [3.05, 3.63) is 54.4 Å². The molecule has 0 radical (unpaired) electrons. The van der Waals surface area contributed by atoms with Gasteiger partial charge in [-0.25, -0.2) is 17.9 Å². The molecule has 168 valence electrons. The molecular formula is C20H24F2N4O4S. The molecule has 0 spiro atoms. The molecule has 8 nitrogen and oxygen atoms in total. The fourth-order valence-corrected chi connectivity index (χ4v) is 4.63. The average Bonchev–Trinajstić information content (AvgIpc) is 2.74. The standard InChI is InChI=1S/C20H24F2N4O4S/c21-19(22)30-17-7-3-16(4-8-17)26-31(28,29)18-9-5-15(6-10-18)25-20(27)24-13-14-2-1-11-23-12-14/h1-2,5-6,9-12,16-17,19,26H,3-4,7-8,13H2,(H2,24,25,27). The van der Waals surface area contributed by atoms with Gasteiger partial charge in [-0.3, -0.25) is 4.98 Å². The molecule has 2 amide bonds. The van der Waals surface area contributed by atoms with Gasteiger partial charge in [-0.15, -0.1) is 0 Å². The normalized spacial score (nSPS) is 19.2. The number of urea groups is 1. The predicted octanol–water partition coefficient (Wildman–Crippen LogP) is 3.23. The first-order valence-corrected chi connectivity index (χ1v) is 11.3. The van der Waals surface area contributed by atoms with Crippen molar-refractivity contribution in [2.75, 3.05) is 5.32 Å². The van der Waals surface area contributed by atoms with Crippen LogP contribution in [0.15, 0.2) is 53.7 Å². The highest BCUT2D eigenvalue weighted by Crippen LogP contribution is 2.24. The third kappa shape index (κ3) is 7.23. The number of benzene rings is 1. The third-order valence-corrected chi connectivity index (χ3v) is 6.43. The lowest BCUT2D eigenvalue weighted by Gasteiger charge is -2.28. The molecule has 1 aliphatic carbocycles. The summed E-state index contributed by atoms with van der Waals surface area (Å²) in [6.07, 6.45) is 4.33. The van der Waals surface area contributed by atoms with Crippen molar-refractivity contribution in [3.8, 4) is 0 Å². The van der Waals surface area contributed by atoms with E-state index in [0.29, 0.717) is 37.9 Å². The van der Waals surface area contributed by atoms with E-state index in [4.69, 9.17) is 0 Å². The van der Waals surface area contributed by atoms with E-state index in [1.54, 1.807) is 18.5 Å². The zero-order chi connectivity index (χ0) is 22.3. The molecular weight excluding hydrogens is 430 g/mol. The minimum absolute atomic E-state index is 0.0553. The Labute approximate surface area is 179 Å². The first-order valence-electron chi connectivity index (χ1n) is 9.81. The van der Waals surface area contributed by atoms with Gasteiger partial charge in [-0.2, -0.15) is 8.78 Å². The number of halogens is 2. The fraction of sp³-hybridized carbons (Fsp3) is 0.400. The van der Waals surface area contributed by atoms with Crippen LogP contribution in [-0.4, -0.2) is 38.2 Å². The molecule has 0 aliphatic heterocycles. The number of carbonyl (C=O) groups is 1. The number of anilines is 1. The van der Waals surface area contributed by atoms with Gasteiger partial charge in [0, 0.05) is 30.7 Å². The van der Waals surface area contributed by atoms with Crippen molar-refractivity contribution >= 4 is 21.7 Å². The number of nitrogens with zero attached hydrogens (tertiary/aromatic N) is 1. The maximum absolute atomic E-state index is 12.6. The first-order chi connectivity index (χ1) is 14.8. The molecule has 11 heteroatoms. The number of nitrogens with one attached hydrogen (secondary N) is 3. The Kier molecular flexibility index (Phi) is 7.88. The molecule has 1 aromatic heterocycles. The van der Waals surface area contributed by atoms with Gasteiger partial charge in [0.15, 0.2) is 0 Å². The van der Waals surface area contributed by atoms with Crippen LogP contribution in [0.1, 0.15) is 31.2 Å². The molecule has 0 saturated heterocycles. The number of hydrogen-bond acceptors (Lipinski definition) is 5. The average molecular weight is 454 g/mol. The SMILES string of the molecule is O=C(NCc1cccnc1)Nc1ccc(S(=O)(=O)NC2CCC(OC(F)F)CC2)cc1. The molecule has 0 unspecified atom stereocenters. The van der Waals surface area contributed by atoms with Crippen molar-refractivity contribution in [2.24, 2.45) is 0 Å². The quantitative estimate of drug-likeness (QED) is 0.567. The Hall–Kier alpha value is -2.63. The van der Waals surface area contributed by atoms with Crippen molar-refractivity contribution < 1.29 is 26.7 Å². The second-order valence-electron chi connectivity index (χ2n) is 7.18. The van der Waals surface area contributed by atoms with Crippen molar-refractivity contribution in [1.29, 1.82) is 0 Å². The maximum Gasteiger partial charge on any atom is 0.345 e. The van der Waals surface area contributed by atoms with Gasteiger partial charge < -0.3 is 15.4 Å². The lowest BCUT2D eigenvalue weighted by Crippen LogP contribution is -2.39. The molecule has 0 atom stereocenters. The number of carbonyl (C=O) groups excluding carboxylic acids is 1. The summed E-state index contributed by atoms with van der Waals surface area (Å²) in [5.41, 5.74) is 1.28. The van der Waals surface area contributed by atoms with E-state index < -0.39 is 28.8 Å². The van der Waals surface area contributed by atoms with Gasteiger partial charge in [0.25, 0.3) is 0 Å². The summed E-state index contributed by atoms with van der Waals surface area (Å²) in [7, 11) is -3.77. The molecule has 1 fully saturated rings. The summed E-state index contributed by atoms with van der Waals surface area (Å²) in [5, 5.41) is 5.32. The number of rotatable bonds is 8. The minimum Gasteiger partial charge on any atom is -0.334 e. The van der Waals surface area contributed by atoms with Crippen LogP contribution in [0.25, 0.3) is 0 Å². The Balaban J connectivity index is 1.49. The molecule has 1 aromatic carbocycles. The van der Waals surface area contributed by atoms with Gasteiger partial charge >= 0.3 is 12.6 Å². The summed E-state index contributed by atoms with van der Waals surface area (Å²) in [5.74, 6) is 0. The molecule has 2 aromatic rings. The van der Waals surface area contributed by atoms with E-state index in [0.717, 1.165) is 5.56 Å². The Morgan fingerprint density at radius 1 is 1.13 bits per heavy atom. The van der Waals surface area contributed by atoms with Crippen molar-refractivity contribution in [1.82, 2.24) is 15.0 Å². The number of alkyl halides is 2. The van der Waals surface area contributed by atoms with Crippen LogP contribution < -0.4 is 15.4 Å². The van der Waals surface area contributed by atoms with Crippen LogP contribution in [0.4, 0.5) is 19.3 Å². The number of pyridine rings is 1. The molecule has 0 bridgehead atoms. The van der Waals surface area contributed by atoms with E-state index in [1.807, 2.05) is 6.07 Å². The van der Waals surface area contributed by atoms with Gasteiger partial charge in [0.05, 0.1) is 11.0 Å². The summed E-state index contributed by atoms with van der Waals surface area (Å²) in [6.45, 7) is -2.51. The Morgan fingerprint density at radius 3 is 2.45 bits per heavy atom. The summed E-state index contributed by atoms with van der Waals surface area (Å²) >= 11 is 0. The molecule has 3 rings (SSSR count). The van der Waals surface area contributed by atoms with E-state index in [9.17, 15) is 22.0 Å². The van der Waals surface area contributed by atoms with Gasteiger partial charge in [-0.1, -0.05) is 6.07 Å². The molecule has 1 aliphatic rings. The number of ether oxygens (including phenoxy) is 1. The molecule has 1 heterocycles. The fourth-order valence-electron chi connectivity index (χ4n) is 3.33. The second-order valence-corrected chi connectivity index (χ2v) is 8.90. The van der Waals surface area contributed by atoms with Crippen molar-refractivity contribution in [3.63, 3.8) is 0 Å². The smallest absolute Gasteiger partial charge is 0.334 e. The van der Waals surface area contributed by atoms with Crippen LogP contribution in [0.2, 0.25) is 0 Å². The van der Waals surface area contributed by atoms with Crippen LogP contribution in [0.3, 0.4) is 0 Å². The number of amides is 2. The first kappa shape index (κ1) is 23.0. The van der Waals surface area contributed by atoms with E-state index in [2.05, 4.69) is 25.1 Å². The highest BCUT2D eigenvalue weighted by molar-refractivity contribution is 7.89. The van der Waals surface area contributed by atoms with Crippen molar-refractivity contribution in [2.45, 2.75) is 55.9 Å². The van der Waals surface area contributed by atoms with E-state index in [1.165, 1.54) is 24.3 Å². The van der Waals surface area contributed by atoms with Gasteiger partial charge in [-0.05, 0) is 61.6 Å². The van der Waals surface area contributed by atoms with Crippen LogP contribution >= 0.6 is 0 Å². The Morgan fingerprint density at radius 2 is 1.84 bits per heavy atom. The van der Waals surface area contributed by atoms with Gasteiger partial charge in [0.2, 0.25) is 10.0 Å². The summed E-state index contributed by atoms with van der Waals surface area (Å²) < 4.78 is 56.8. The summed E-state index contributed by atoms with van der Waals surface area (Å²) in [4.78, 5) is 16.0. The van der Waals surface area contributed by atoms with E-state index >= 15 is 0 Å².